The van der Waals surface area contributed by atoms with Gasteiger partial charge in [-0.05, 0) is 43.8 Å². The second-order valence-electron chi connectivity index (χ2n) is 5.03. The van der Waals surface area contributed by atoms with E-state index in [1.54, 1.807) is 32.2 Å². The van der Waals surface area contributed by atoms with Crippen molar-refractivity contribution in [2.75, 3.05) is 7.05 Å². The highest BCUT2D eigenvalue weighted by Crippen LogP contribution is 2.31. The molecule has 0 radical (unpaired) electrons. The number of benzene rings is 2. The van der Waals surface area contributed by atoms with E-state index < -0.39 is 0 Å². The van der Waals surface area contributed by atoms with Crippen LogP contribution in [0.25, 0.3) is 11.0 Å². The molecule has 108 valence electrons. The van der Waals surface area contributed by atoms with Crippen molar-refractivity contribution in [3.63, 3.8) is 0 Å². The second kappa shape index (κ2) is 5.51. The van der Waals surface area contributed by atoms with Crippen LogP contribution in [0.3, 0.4) is 0 Å². The van der Waals surface area contributed by atoms with Gasteiger partial charge >= 0.3 is 0 Å². The third kappa shape index (κ3) is 2.55. The molecular weight excluding hydrogens is 289 g/mol. The number of furan rings is 1. The normalized spacial score (nSPS) is 12.8. The summed E-state index contributed by atoms with van der Waals surface area (Å²) in [6.07, 6.45) is 0. The molecule has 21 heavy (non-hydrogen) atoms. The highest BCUT2D eigenvalue weighted by molar-refractivity contribution is 6.31. The van der Waals surface area contributed by atoms with Crippen LogP contribution in [0, 0.1) is 12.7 Å². The van der Waals surface area contributed by atoms with Crippen molar-refractivity contribution in [2.24, 2.45) is 0 Å². The highest BCUT2D eigenvalue weighted by atomic mass is 35.5. The maximum atomic E-state index is 14.3. The van der Waals surface area contributed by atoms with Crippen molar-refractivity contribution in [1.29, 1.82) is 0 Å². The molecule has 0 spiro atoms. The van der Waals surface area contributed by atoms with E-state index in [1.807, 2.05) is 24.3 Å². The van der Waals surface area contributed by atoms with Gasteiger partial charge in [-0.15, -0.1) is 0 Å². The van der Waals surface area contributed by atoms with Crippen molar-refractivity contribution in [3.05, 3.63) is 70.2 Å². The van der Waals surface area contributed by atoms with Crippen LogP contribution >= 0.6 is 11.6 Å². The average molecular weight is 304 g/mol. The van der Waals surface area contributed by atoms with Gasteiger partial charge in [0.2, 0.25) is 0 Å². The van der Waals surface area contributed by atoms with Crippen molar-refractivity contribution in [1.82, 2.24) is 5.32 Å². The number of hydrogen-bond donors (Lipinski definition) is 1. The fraction of sp³-hybridized carbons (Fsp3) is 0.176. The zero-order valence-electron chi connectivity index (χ0n) is 11.8. The van der Waals surface area contributed by atoms with Gasteiger partial charge in [0.25, 0.3) is 0 Å². The van der Waals surface area contributed by atoms with Gasteiger partial charge in [0, 0.05) is 16.0 Å². The lowest BCUT2D eigenvalue weighted by Crippen LogP contribution is -2.18. The number of halogens is 2. The molecule has 0 fully saturated rings. The maximum absolute atomic E-state index is 14.3. The summed E-state index contributed by atoms with van der Waals surface area (Å²) in [5.74, 6) is 0.453. The summed E-state index contributed by atoms with van der Waals surface area (Å²) in [4.78, 5) is 0. The van der Waals surface area contributed by atoms with Gasteiger partial charge in [0.15, 0.2) is 0 Å². The van der Waals surface area contributed by atoms with Crippen molar-refractivity contribution in [3.8, 4) is 0 Å². The number of hydrogen-bond acceptors (Lipinski definition) is 2. The highest BCUT2D eigenvalue weighted by Gasteiger charge is 2.21. The minimum atomic E-state index is -0.337. The predicted octanol–water partition coefficient (Wildman–Crippen LogP) is 4.84. The first-order chi connectivity index (χ1) is 10.1. The monoisotopic (exact) mass is 303 g/mol. The van der Waals surface area contributed by atoms with Crippen LogP contribution in [-0.2, 0) is 0 Å². The van der Waals surface area contributed by atoms with E-state index in [2.05, 4.69) is 5.32 Å². The Balaban J connectivity index is 2.11. The van der Waals surface area contributed by atoms with E-state index in [4.69, 9.17) is 16.0 Å². The summed E-state index contributed by atoms with van der Waals surface area (Å²) in [6.45, 7) is 1.75. The van der Waals surface area contributed by atoms with E-state index in [0.29, 0.717) is 21.9 Å². The first-order valence-electron chi connectivity index (χ1n) is 6.71. The van der Waals surface area contributed by atoms with Crippen LogP contribution in [0.4, 0.5) is 4.39 Å². The molecule has 3 rings (SSSR count). The van der Waals surface area contributed by atoms with Crippen LogP contribution in [-0.4, -0.2) is 7.05 Å². The van der Waals surface area contributed by atoms with Crippen molar-refractivity contribution in [2.45, 2.75) is 13.0 Å². The molecule has 0 aliphatic carbocycles. The fourth-order valence-corrected chi connectivity index (χ4v) is 2.70. The number of fused-ring (bicyclic) bond motifs is 1. The minimum Gasteiger partial charge on any atom is -0.459 e. The number of nitrogens with one attached hydrogen (secondary N) is 1. The van der Waals surface area contributed by atoms with E-state index in [0.717, 1.165) is 11.0 Å². The lowest BCUT2D eigenvalue weighted by Gasteiger charge is -2.15. The Morgan fingerprint density at radius 3 is 2.76 bits per heavy atom. The Hall–Kier alpha value is -1.84. The Morgan fingerprint density at radius 2 is 2.00 bits per heavy atom. The molecule has 3 aromatic rings. The van der Waals surface area contributed by atoms with Gasteiger partial charge < -0.3 is 9.73 Å². The van der Waals surface area contributed by atoms with Gasteiger partial charge in [0.1, 0.15) is 17.2 Å². The molecule has 4 heteroatoms. The van der Waals surface area contributed by atoms with Gasteiger partial charge in [-0.1, -0.05) is 29.8 Å². The molecule has 0 aliphatic rings. The van der Waals surface area contributed by atoms with Crippen molar-refractivity contribution >= 4 is 22.6 Å². The van der Waals surface area contributed by atoms with Gasteiger partial charge in [-0.2, -0.15) is 0 Å². The first kappa shape index (κ1) is 14.1. The van der Waals surface area contributed by atoms with E-state index >= 15 is 0 Å². The molecule has 1 aromatic heterocycles. The smallest absolute Gasteiger partial charge is 0.134 e. The average Bonchev–Trinajstić information content (AvgIpc) is 2.87. The standard InChI is InChI=1S/C17H15ClFNO/c1-10-4-3-5-13(16(10)19)17(20-2)15-9-11-8-12(18)6-7-14(11)21-15/h3-9,17,20H,1-2H3. The lowest BCUT2D eigenvalue weighted by molar-refractivity contribution is 0.475. The minimum absolute atomic E-state index is 0.213. The first-order valence-corrected chi connectivity index (χ1v) is 7.09. The van der Waals surface area contributed by atoms with Crippen LogP contribution in [0.5, 0.6) is 0 Å². The van der Waals surface area contributed by atoms with Crippen LogP contribution < -0.4 is 5.32 Å². The molecule has 2 aromatic carbocycles. The molecule has 1 atom stereocenters. The Morgan fingerprint density at radius 1 is 1.19 bits per heavy atom. The maximum Gasteiger partial charge on any atom is 0.134 e. The number of aryl methyl sites for hydroxylation is 1. The quantitative estimate of drug-likeness (QED) is 0.749. The molecule has 1 heterocycles. The van der Waals surface area contributed by atoms with Gasteiger partial charge in [-0.25, -0.2) is 4.39 Å². The summed E-state index contributed by atoms with van der Waals surface area (Å²) in [6, 6.07) is 12.4. The summed E-state index contributed by atoms with van der Waals surface area (Å²) in [5, 5.41) is 4.67. The zero-order valence-corrected chi connectivity index (χ0v) is 12.5. The molecular formula is C17H15ClFNO. The third-order valence-electron chi connectivity index (χ3n) is 3.60. The molecule has 0 saturated carbocycles. The summed E-state index contributed by atoms with van der Waals surface area (Å²) in [5.41, 5.74) is 1.93. The molecule has 2 nitrogen and oxygen atoms in total. The number of rotatable bonds is 3. The van der Waals surface area contributed by atoms with Crippen LogP contribution in [0.2, 0.25) is 5.02 Å². The molecule has 0 amide bonds. The third-order valence-corrected chi connectivity index (χ3v) is 3.84. The molecule has 0 bridgehead atoms. The Bertz CT molecular complexity index is 797. The molecule has 0 saturated heterocycles. The lowest BCUT2D eigenvalue weighted by atomic mass is 10.0. The zero-order chi connectivity index (χ0) is 15.0. The largest absolute Gasteiger partial charge is 0.459 e. The topological polar surface area (TPSA) is 25.2 Å². The van der Waals surface area contributed by atoms with Crippen LogP contribution in [0.15, 0.2) is 46.9 Å². The van der Waals surface area contributed by atoms with Gasteiger partial charge in [0.05, 0.1) is 6.04 Å². The summed E-state index contributed by atoms with van der Waals surface area (Å²) >= 11 is 5.99. The Labute approximate surface area is 127 Å². The predicted molar refractivity (Wildman–Crippen MR) is 83.3 cm³/mol. The van der Waals surface area contributed by atoms with E-state index in [1.165, 1.54) is 0 Å². The molecule has 1 N–H and O–H groups in total. The van der Waals surface area contributed by atoms with Crippen molar-refractivity contribution < 1.29 is 8.81 Å². The van der Waals surface area contributed by atoms with Crippen LogP contribution in [0.1, 0.15) is 22.9 Å². The van der Waals surface area contributed by atoms with E-state index in [-0.39, 0.29) is 11.9 Å². The fourth-order valence-electron chi connectivity index (χ4n) is 2.52. The second-order valence-corrected chi connectivity index (χ2v) is 5.47. The van der Waals surface area contributed by atoms with E-state index in [9.17, 15) is 4.39 Å². The summed E-state index contributed by atoms with van der Waals surface area (Å²) in [7, 11) is 1.78. The molecule has 1 unspecified atom stereocenters. The SMILES string of the molecule is CNC(c1cc2cc(Cl)ccc2o1)c1cccc(C)c1F. The van der Waals surface area contributed by atoms with Gasteiger partial charge in [-0.3, -0.25) is 0 Å². The Kier molecular flexibility index (Phi) is 3.70. The summed E-state index contributed by atoms with van der Waals surface area (Å²) < 4.78 is 20.2. The molecule has 0 aliphatic heterocycles.